The van der Waals surface area contributed by atoms with Crippen LogP contribution in [0.25, 0.3) is 0 Å². The van der Waals surface area contributed by atoms with Crippen molar-refractivity contribution in [3.8, 4) is 0 Å². The van der Waals surface area contributed by atoms with E-state index in [1.807, 2.05) is 0 Å². The molecule has 1 atom stereocenters. The first-order valence-corrected chi connectivity index (χ1v) is 4.17. The molecule has 11 heavy (non-hydrogen) atoms. The van der Waals surface area contributed by atoms with E-state index >= 15 is 0 Å². The van der Waals surface area contributed by atoms with Crippen molar-refractivity contribution in [2.75, 3.05) is 7.11 Å². The second-order valence-electron chi connectivity index (χ2n) is 2.02. The fraction of sp³-hybridized carbons (Fsp3) is 0.600. The first-order chi connectivity index (χ1) is 5.16. The summed E-state index contributed by atoms with van der Waals surface area (Å²) in [7, 11) is -1.08. The molecule has 0 spiro atoms. The van der Waals surface area contributed by atoms with Crippen LogP contribution in [0.15, 0.2) is 0 Å². The van der Waals surface area contributed by atoms with Gasteiger partial charge in [-0.05, 0) is 9.24 Å². The lowest BCUT2D eigenvalue weighted by atomic mass is 10.4. The molecule has 0 aliphatic carbocycles. The van der Waals surface area contributed by atoms with Gasteiger partial charge in [0.25, 0.3) is 11.8 Å². The van der Waals surface area contributed by atoms with Gasteiger partial charge in [-0.1, -0.05) is 0 Å². The van der Waals surface area contributed by atoms with Gasteiger partial charge in [0.15, 0.2) is 0 Å². The Morgan fingerprint density at radius 1 is 1.36 bits per heavy atom. The highest BCUT2D eigenvalue weighted by molar-refractivity contribution is 7.38. The summed E-state index contributed by atoms with van der Waals surface area (Å²) < 4.78 is 15.9. The number of hydrogen-bond donors (Lipinski definition) is 0. The van der Waals surface area contributed by atoms with Crippen molar-refractivity contribution >= 4 is 20.0 Å². The van der Waals surface area contributed by atoms with Gasteiger partial charge in [0.05, 0.1) is 7.11 Å². The van der Waals surface area contributed by atoms with E-state index in [0.717, 1.165) is 0 Å². The summed E-state index contributed by atoms with van der Waals surface area (Å²) in [4.78, 5) is 21.7. The number of rotatable bonds is 2. The summed E-state index contributed by atoms with van der Waals surface area (Å²) in [6, 6.07) is 0. The first kappa shape index (κ1) is 8.30. The molecule has 1 rings (SSSR count). The first-order valence-electron chi connectivity index (χ1n) is 3.04. The van der Waals surface area contributed by atoms with Crippen LogP contribution in [0.1, 0.15) is 12.8 Å². The molecule has 0 bridgehead atoms. The van der Waals surface area contributed by atoms with Gasteiger partial charge in [-0.25, -0.2) is 0 Å². The number of amides is 2. The molecule has 1 saturated heterocycles. The molecule has 0 aromatic rings. The maximum atomic E-state index is 10.8. The summed E-state index contributed by atoms with van der Waals surface area (Å²) in [6.07, 6.45) is 0.284. The molecule has 1 aliphatic rings. The van der Waals surface area contributed by atoms with E-state index in [9.17, 15) is 14.2 Å². The van der Waals surface area contributed by atoms with Gasteiger partial charge < -0.3 is 0 Å². The lowest BCUT2D eigenvalue weighted by Crippen LogP contribution is -2.21. The highest BCUT2D eigenvalue weighted by Gasteiger charge is 2.45. The summed E-state index contributed by atoms with van der Waals surface area (Å²) in [5.74, 6) is -0.837. The Hall–Kier alpha value is -0.800. The van der Waals surface area contributed by atoms with E-state index in [1.165, 1.54) is 7.11 Å². The summed E-state index contributed by atoms with van der Waals surface area (Å²) in [5.41, 5.74) is 0. The van der Waals surface area contributed by atoms with Crippen molar-refractivity contribution in [3.63, 3.8) is 0 Å². The molecule has 2 amide bonds. The quantitative estimate of drug-likeness (QED) is 0.452. The Bertz CT molecular complexity index is 211. The second-order valence-corrected chi connectivity index (χ2v) is 3.26. The monoisotopic (exact) mass is 176 g/mol. The topological polar surface area (TPSA) is 63.7 Å². The van der Waals surface area contributed by atoms with Gasteiger partial charge in [-0.15, -0.1) is 4.52 Å². The average Bonchev–Trinajstić information content (AvgIpc) is 2.30. The standard InChI is InChI=1S/C5H7NO4P/c1-10-11(9)6-4(7)2-3-5(6)8/h2-3H2,1H3/q+1. The van der Waals surface area contributed by atoms with Crippen LogP contribution in [0, 0.1) is 0 Å². The van der Waals surface area contributed by atoms with Crippen molar-refractivity contribution in [1.82, 2.24) is 4.67 Å². The van der Waals surface area contributed by atoms with Crippen LogP contribution in [0.4, 0.5) is 0 Å². The maximum absolute atomic E-state index is 10.8. The fourth-order valence-electron chi connectivity index (χ4n) is 0.829. The smallest absolute Gasteiger partial charge is 0.270 e. The van der Waals surface area contributed by atoms with Gasteiger partial charge in [-0.3, -0.25) is 9.59 Å². The van der Waals surface area contributed by atoms with Crippen molar-refractivity contribution in [2.24, 2.45) is 0 Å². The molecular formula is C5H7NO4P+. The van der Waals surface area contributed by atoms with Gasteiger partial charge in [0, 0.05) is 12.8 Å². The van der Waals surface area contributed by atoms with Crippen LogP contribution in [0.2, 0.25) is 0 Å². The molecule has 0 N–H and O–H groups in total. The van der Waals surface area contributed by atoms with Gasteiger partial charge in [0.1, 0.15) is 0 Å². The zero-order chi connectivity index (χ0) is 8.43. The van der Waals surface area contributed by atoms with Crippen molar-refractivity contribution in [3.05, 3.63) is 0 Å². The average molecular weight is 176 g/mol. The van der Waals surface area contributed by atoms with Crippen LogP contribution in [0.5, 0.6) is 0 Å². The third kappa shape index (κ3) is 1.44. The summed E-state index contributed by atoms with van der Waals surface area (Å²) in [5, 5.41) is 0. The number of nitrogens with zero attached hydrogens (tertiary/aromatic N) is 1. The van der Waals surface area contributed by atoms with Crippen LogP contribution >= 0.6 is 8.18 Å². The van der Waals surface area contributed by atoms with E-state index in [1.54, 1.807) is 0 Å². The second kappa shape index (κ2) is 3.07. The minimum Gasteiger partial charge on any atom is -0.270 e. The Kier molecular flexibility index (Phi) is 2.31. The molecule has 1 unspecified atom stereocenters. The summed E-state index contributed by atoms with van der Waals surface area (Å²) in [6.45, 7) is 0. The van der Waals surface area contributed by atoms with Gasteiger partial charge in [0.2, 0.25) is 0 Å². The molecule has 1 fully saturated rings. The highest BCUT2D eigenvalue weighted by Crippen LogP contribution is 2.32. The van der Waals surface area contributed by atoms with E-state index < -0.39 is 20.0 Å². The molecule has 1 aliphatic heterocycles. The minimum absolute atomic E-state index is 0.142. The number of carbonyl (C=O) groups is 2. The van der Waals surface area contributed by atoms with Gasteiger partial charge in [-0.2, -0.15) is 0 Å². The Morgan fingerprint density at radius 3 is 2.18 bits per heavy atom. The van der Waals surface area contributed by atoms with Crippen molar-refractivity contribution in [1.29, 1.82) is 0 Å². The molecule has 0 saturated carbocycles. The highest BCUT2D eigenvalue weighted by atomic mass is 31.1. The van der Waals surface area contributed by atoms with Crippen LogP contribution < -0.4 is 0 Å². The molecule has 0 aromatic heterocycles. The molecule has 6 heteroatoms. The summed E-state index contributed by atoms with van der Waals surface area (Å²) >= 11 is 0. The normalized spacial score (nSPS) is 19.4. The van der Waals surface area contributed by atoms with Crippen LogP contribution in [0.3, 0.4) is 0 Å². The molecule has 1 heterocycles. The van der Waals surface area contributed by atoms with E-state index in [-0.39, 0.29) is 12.8 Å². The minimum atomic E-state index is -2.27. The Morgan fingerprint density at radius 2 is 1.82 bits per heavy atom. The SMILES string of the molecule is CO[P+](=O)N1C(=O)CCC1=O. The fourth-order valence-corrected chi connectivity index (χ4v) is 1.56. The lowest BCUT2D eigenvalue weighted by Gasteiger charge is -1.94. The number of carbonyl (C=O) groups excluding carboxylic acids is 2. The number of hydrogen-bond acceptors (Lipinski definition) is 4. The zero-order valence-electron chi connectivity index (χ0n) is 5.94. The number of imide groups is 1. The largest absolute Gasteiger partial charge is 0.656 e. The van der Waals surface area contributed by atoms with Crippen molar-refractivity contribution < 1.29 is 18.7 Å². The van der Waals surface area contributed by atoms with Crippen molar-refractivity contribution in [2.45, 2.75) is 12.8 Å². The van der Waals surface area contributed by atoms with E-state index in [0.29, 0.717) is 4.67 Å². The van der Waals surface area contributed by atoms with Gasteiger partial charge >= 0.3 is 8.18 Å². The van der Waals surface area contributed by atoms with Crippen LogP contribution in [-0.4, -0.2) is 23.6 Å². The zero-order valence-corrected chi connectivity index (χ0v) is 6.84. The predicted molar refractivity (Wildman–Crippen MR) is 35.7 cm³/mol. The van der Waals surface area contributed by atoms with Crippen LogP contribution in [-0.2, 0) is 18.7 Å². The third-order valence-electron chi connectivity index (χ3n) is 1.34. The third-order valence-corrected chi connectivity index (χ3v) is 2.43. The Balaban J connectivity index is 2.76. The molecule has 60 valence electrons. The molecular weight excluding hydrogens is 169 g/mol. The maximum Gasteiger partial charge on any atom is 0.656 e. The van der Waals surface area contributed by atoms with E-state index in [4.69, 9.17) is 0 Å². The Labute approximate surface area is 64.2 Å². The molecule has 0 radical (unpaired) electrons. The van der Waals surface area contributed by atoms with E-state index in [2.05, 4.69) is 4.52 Å². The lowest BCUT2D eigenvalue weighted by molar-refractivity contribution is -0.132. The predicted octanol–water partition coefficient (Wildman–Crippen LogP) is 0.439. The molecule has 0 aromatic carbocycles. The molecule has 5 nitrogen and oxygen atoms in total.